The van der Waals surface area contributed by atoms with Crippen LogP contribution in [0, 0.1) is 0 Å². The summed E-state index contributed by atoms with van der Waals surface area (Å²) in [5, 5.41) is 4.56. The number of aromatic nitrogens is 2. The van der Waals surface area contributed by atoms with Crippen molar-refractivity contribution in [3.05, 3.63) is 74.3 Å². The monoisotopic (exact) mass is 540 g/mol. The third kappa shape index (κ3) is 5.01. The van der Waals surface area contributed by atoms with Crippen molar-refractivity contribution in [1.29, 1.82) is 0 Å². The van der Waals surface area contributed by atoms with Crippen molar-refractivity contribution in [2.45, 2.75) is 25.0 Å². The van der Waals surface area contributed by atoms with Gasteiger partial charge in [0.15, 0.2) is 5.16 Å². The largest absolute Gasteiger partial charge is 0.497 e. The van der Waals surface area contributed by atoms with E-state index >= 15 is 0 Å². The lowest BCUT2D eigenvalue weighted by Crippen LogP contribution is -2.30. The average Bonchev–Trinajstić information content (AvgIpc) is 3.25. The van der Waals surface area contributed by atoms with E-state index < -0.39 is 0 Å². The van der Waals surface area contributed by atoms with E-state index in [9.17, 15) is 9.59 Å². The maximum atomic E-state index is 13.9. The van der Waals surface area contributed by atoms with Crippen molar-refractivity contribution < 1.29 is 9.53 Å². The summed E-state index contributed by atoms with van der Waals surface area (Å²) in [6.45, 7) is 4.88. The van der Waals surface area contributed by atoms with Gasteiger partial charge in [0.1, 0.15) is 10.6 Å². The van der Waals surface area contributed by atoms with Crippen LogP contribution in [0.1, 0.15) is 17.4 Å². The van der Waals surface area contributed by atoms with Crippen molar-refractivity contribution in [3.8, 4) is 11.4 Å². The number of hydrogen-bond acceptors (Lipinski definition) is 7. The maximum absolute atomic E-state index is 13.9. The molecule has 0 fully saturated rings. The van der Waals surface area contributed by atoms with Crippen LogP contribution in [0.15, 0.2) is 58.5 Å². The van der Waals surface area contributed by atoms with Crippen molar-refractivity contribution in [3.63, 3.8) is 0 Å². The Labute approximate surface area is 222 Å². The number of anilines is 1. The lowest BCUT2D eigenvalue weighted by atomic mass is 10.1. The van der Waals surface area contributed by atoms with Crippen molar-refractivity contribution in [2.24, 2.45) is 0 Å². The van der Waals surface area contributed by atoms with Crippen molar-refractivity contribution in [1.82, 2.24) is 14.5 Å². The number of likely N-dealkylation sites (N-methyl/N-ethyl adjacent to an activating group) is 1. The molecular weight excluding hydrogens is 516 g/mol. The highest BCUT2D eigenvalue weighted by atomic mass is 35.5. The highest BCUT2D eigenvalue weighted by Gasteiger charge is 2.25. The van der Waals surface area contributed by atoms with Gasteiger partial charge in [0.25, 0.3) is 5.56 Å². The zero-order valence-corrected chi connectivity index (χ0v) is 22.3. The predicted molar refractivity (Wildman–Crippen MR) is 147 cm³/mol. The van der Waals surface area contributed by atoms with Gasteiger partial charge in [-0.3, -0.25) is 19.1 Å². The van der Waals surface area contributed by atoms with Gasteiger partial charge in [0.05, 0.1) is 23.9 Å². The molecule has 0 spiro atoms. The molecule has 0 atom stereocenters. The maximum Gasteiger partial charge on any atom is 0.267 e. The number of fused-ring (bicyclic) bond motifs is 3. The van der Waals surface area contributed by atoms with E-state index in [0.717, 1.165) is 36.4 Å². The second kappa shape index (κ2) is 10.6. The van der Waals surface area contributed by atoms with E-state index in [1.54, 1.807) is 47.3 Å². The van der Waals surface area contributed by atoms with Crippen LogP contribution in [0.5, 0.6) is 5.75 Å². The number of benzene rings is 2. The van der Waals surface area contributed by atoms with Crippen LogP contribution < -0.4 is 15.6 Å². The Bertz CT molecular complexity index is 1480. The zero-order valence-electron chi connectivity index (χ0n) is 19.9. The molecule has 0 radical (unpaired) electrons. The fraction of sp³-hybridized carbons (Fsp3) is 0.269. The summed E-state index contributed by atoms with van der Waals surface area (Å²) in [6, 6.07) is 14.3. The number of carbonyl (C=O) groups excluding carboxylic acids is 1. The Hall–Kier alpha value is -2.85. The molecule has 3 heterocycles. The molecule has 1 aliphatic rings. The summed E-state index contributed by atoms with van der Waals surface area (Å²) in [6.07, 6.45) is 0.831. The molecule has 1 amide bonds. The first kappa shape index (κ1) is 24.8. The van der Waals surface area contributed by atoms with Crippen LogP contribution in [0.2, 0.25) is 5.02 Å². The molecule has 7 nitrogen and oxygen atoms in total. The molecule has 5 rings (SSSR count). The number of carbonyl (C=O) groups is 1. The van der Waals surface area contributed by atoms with Crippen molar-refractivity contribution in [2.75, 3.05) is 31.3 Å². The van der Waals surface area contributed by atoms with Crippen LogP contribution in [-0.2, 0) is 17.8 Å². The van der Waals surface area contributed by atoms with Gasteiger partial charge in [0, 0.05) is 28.7 Å². The number of thiophene rings is 1. The first-order chi connectivity index (χ1) is 17.5. The summed E-state index contributed by atoms with van der Waals surface area (Å²) < 4.78 is 6.90. The molecule has 1 N–H and O–H groups in total. The lowest BCUT2D eigenvalue weighted by Gasteiger charge is -2.25. The Morgan fingerprint density at radius 3 is 2.78 bits per heavy atom. The van der Waals surface area contributed by atoms with E-state index in [1.807, 2.05) is 24.3 Å². The minimum Gasteiger partial charge on any atom is -0.497 e. The first-order valence-corrected chi connectivity index (χ1v) is 13.8. The van der Waals surface area contributed by atoms with E-state index in [-0.39, 0.29) is 17.2 Å². The Morgan fingerprint density at radius 2 is 2.06 bits per heavy atom. The van der Waals surface area contributed by atoms with Gasteiger partial charge in [-0.15, -0.1) is 11.3 Å². The number of methoxy groups -OCH3 is 1. The highest BCUT2D eigenvalue weighted by Crippen LogP contribution is 2.34. The molecular formula is C26H25ClN4O3S2. The fourth-order valence-electron chi connectivity index (χ4n) is 4.30. The molecule has 36 heavy (non-hydrogen) atoms. The molecule has 186 valence electrons. The SMILES string of the molecule is CCN1CCc2c(sc3nc(SCC(=O)Nc4cccc(Cl)c4)n(-c4ccc(OC)cc4)c(=O)c23)C1. The Balaban J connectivity index is 1.52. The van der Waals surface area contributed by atoms with Crippen LogP contribution >= 0.6 is 34.7 Å². The molecule has 2 aromatic carbocycles. The molecule has 10 heteroatoms. The minimum absolute atomic E-state index is 0.0926. The number of halogens is 1. The van der Waals surface area contributed by atoms with Crippen LogP contribution in [-0.4, -0.2) is 46.3 Å². The summed E-state index contributed by atoms with van der Waals surface area (Å²) in [5.74, 6) is 0.584. The number of rotatable bonds is 7. The highest BCUT2D eigenvalue weighted by molar-refractivity contribution is 7.99. The summed E-state index contributed by atoms with van der Waals surface area (Å²) in [4.78, 5) is 35.8. The number of nitrogens with zero attached hydrogens (tertiary/aromatic N) is 3. The van der Waals surface area contributed by atoms with Gasteiger partial charge in [-0.2, -0.15) is 0 Å². The zero-order chi connectivity index (χ0) is 25.2. The van der Waals surface area contributed by atoms with Gasteiger partial charge in [-0.05, 0) is 61.0 Å². The standard InChI is InChI=1S/C26H25ClN4O3S2/c1-3-30-12-11-20-21(14-30)36-24-23(20)25(33)31(18-7-9-19(34-2)10-8-18)26(29-24)35-15-22(32)28-17-6-4-5-16(27)13-17/h4-10,13H,3,11-12,14-15H2,1-2H3,(H,28,32). The average molecular weight is 541 g/mol. The van der Waals surface area contributed by atoms with Crippen molar-refractivity contribution >= 4 is 56.5 Å². The van der Waals surface area contributed by atoms with Gasteiger partial charge < -0.3 is 10.1 Å². The van der Waals surface area contributed by atoms with Gasteiger partial charge >= 0.3 is 0 Å². The number of amides is 1. The fourth-order valence-corrected chi connectivity index (χ4v) is 6.60. The van der Waals surface area contributed by atoms with E-state index in [4.69, 9.17) is 21.3 Å². The molecule has 0 aliphatic carbocycles. The summed E-state index contributed by atoms with van der Waals surface area (Å²) >= 11 is 8.85. The summed E-state index contributed by atoms with van der Waals surface area (Å²) in [5.41, 5.74) is 2.30. The van der Waals surface area contributed by atoms with E-state index in [2.05, 4.69) is 17.1 Å². The molecule has 0 unspecified atom stereocenters. The minimum atomic E-state index is -0.207. The molecule has 2 aromatic heterocycles. The van der Waals surface area contributed by atoms with Crippen LogP contribution in [0.4, 0.5) is 5.69 Å². The van der Waals surface area contributed by atoms with E-state index in [1.165, 1.54) is 16.6 Å². The Kier molecular flexibility index (Phi) is 7.34. The number of nitrogens with one attached hydrogen (secondary N) is 1. The lowest BCUT2D eigenvalue weighted by molar-refractivity contribution is -0.113. The third-order valence-electron chi connectivity index (χ3n) is 6.14. The second-order valence-corrected chi connectivity index (χ2v) is 10.8. The van der Waals surface area contributed by atoms with Crippen LogP contribution in [0.25, 0.3) is 15.9 Å². The topological polar surface area (TPSA) is 76.5 Å². The van der Waals surface area contributed by atoms with Gasteiger partial charge in [-0.1, -0.05) is 36.4 Å². The molecule has 0 saturated carbocycles. The summed E-state index contributed by atoms with van der Waals surface area (Å²) in [7, 11) is 1.60. The van der Waals surface area contributed by atoms with Crippen LogP contribution in [0.3, 0.4) is 0 Å². The number of ether oxygens (including phenoxy) is 1. The number of thioether (sulfide) groups is 1. The second-order valence-electron chi connectivity index (χ2n) is 8.38. The molecule has 0 bridgehead atoms. The Morgan fingerprint density at radius 1 is 1.25 bits per heavy atom. The third-order valence-corrected chi connectivity index (χ3v) is 8.43. The predicted octanol–water partition coefficient (Wildman–Crippen LogP) is 5.22. The quantitative estimate of drug-likeness (QED) is 0.256. The van der Waals surface area contributed by atoms with Gasteiger partial charge in [0.2, 0.25) is 5.91 Å². The van der Waals surface area contributed by atoms with E-state index in [0.29, 0.717) is 32.7 Å². The normalized spacial score (nSPS) is 13.5. The molecule has 0 saturated heterocycles. The first-order valence-electron chi connectivity index (χ1n) is 11.6. The van der Waals surface area contributed by atoms with Gasteiger partial charge in [-0.25, -0.2) is 4.98 Å². The molecule has 4 aromatic rings. The number of hydrogen-bond donors (Lipinski definition) is 1. The molecule has 1 aliphatic heterocycles. The smallest absolute Gasteiger partial charge is 0.267 e.